The lowest BCUT2D eigenvalue weighted by Crippen LogP contribution is -2.17. The largest absolute Gasteiger partial charge is 0.409 e. The first-order valence-corrected chi connectivity index (χ1v) is 6.22. The van der Waals surface area contributed by atoms with Gasteiger partial charge in [-0.15, -0.1) is 0 Å². The third-order valence-electron chi connectivity index (χ3n) is 3.24. The van der Waals surface area contributed by atoms with Gasteiger partial charge in [0.05, 0.1) is 17.4 Å². The average Bonchev–Trinajstić information content (AvgIpc) is 2.90. The fourth-order valence-electron chi connectivity index (χ4n) is 2.26. The quantitative estimate of drug-likeness (QED) is 0.324. The van der Waals surface area contributed by atoms with Crippen LogP contribution in [0, 0.1) is 6.92 Å². The molecule has 0 unspecified atom stereocenters. The van der Waals surface area contributed by atoms with Gasteiger partial charge in [-0.2, -0.15) is 5.10 Å². The van der Waals surface area contributed by atoms with Gasteiger partial charge in [0.15, 0.2) is 5.84 Å². The second kappa shape index (κ2) is 4.70. The molecule has 2 aromatic carbocycles. The molecular formula is C15H14N4O. The second-order valence-electron chi connectivity index (χ2n) is 4.62. The Hall–Kier alpha value is -2.82. The van der Waals surface area contributed by atoms with Gasteiger partial charge < -0.3 is 10.9 Å². The molecule has 0 atom stereocenters. The third-order valence-corrected chi connectivity index (χ3v) is 3.24. The van der Waals surface area contributed by atoms with Crippen LogP contribution < -0.4 is 5.73 Å². The van der Waals surface area contributed by atoms with Gasteiger partial charge in [-0.25, -0.2) is 4.68 Å². The summed E-state index contributed by atoms with van der Waals surface area (Å²) in [5, 5.41) is 17.5. The van der Waals surface area contributed by atoms with Gasteiger partial charge in [-0.05, 0) is 25.1 Å². The number of aromatic nitrogens is 2. The molecule has 0 fully saturated rings. The van der Waals surface area contributed by atoms with E-state index in [0.29, 0.717) is 5.56 Å². The normalized spacial score (nSPS) is 11.9. The van der Waals surface area contributed by atoms with Crippen molar-refractivity contribution in [2.75, 3.05) is 0 Å². The van der Waals surface area contributed by atoms with Crippen molar-refractivity contribution >= 4 is 16.7 Å². The number of para-hydroxylation sites is 1. The molecule has 5 heteroatoms. The third kappa shape index (κ3) is 1.89. The van der Waals surface area contributed by atoms with Crippen molar-refractivity contribution in [3.8, 4) is 5.69 Å². The molecule has 0 saturated heterocycles. The molecule has 0 saturated carbocycles. The molecule has 0 aliphatic rings. The highest BCUT2D eigenvalue weighted by atomic mass is 16.4. The van der Waals surface area contributed by atoms with Crippen molar-refractivity contribution in [2.24, 2.45) is 10.9 Å². The van der Waals surface area contributed by atoms with Crippen LogP contribution in [0.15, 0.2) is 53.8 Å². The van der Waals surface area contributed by atoms with Crippen LogP contribution in [-0.4, -0.2) is 20.8 Å². The molecule has 0 bridgehead atoms. The number of hydrogen-bond acceptors (Lipinski definition) is 3. The Kier molecular flexibility index (Phi) is 2.87. The Balaban J connectivity index is 2.29. The first-order valence-electron chi connectivity index (χ1n) is 6.22. The molecule has 0 amide bonds. The highest BCUT2D eigenvalue weighted by Crippen LogP contribution is 2.21. The van der Waals surface area contributed by atoms with E-state index >= 15 is 0 Å². The van der Waals surface area contributed by atoms with Gasteiger partial charge in [-0.1, -0.05) is 35.0 Å². The van der Waals surface area contributed by atoms with Crippen LogP contribution in [0.3, 0.4) is 0 Å². The summed E-state index contributed by atoms with van der Waals surface area (Å²) in [6.07, 6.45) is 1.80. The first-order chi connectivity index (χ1) is 9.70. The van der Waals surface area contributed by atoms with Gasteiger partial charge in [0.2, 0.25) is 0 Å². The van der Waals surface area contributed by atoms with Crippen LogP contribution >= 0.6 is 0 Å². The summed E-state index contributed by atoms with van der Waals surface area (Å²) >= 11 is 0. The Bertz CT molecular complexity index is 804. The highest BCUT2D eigenvalue weighted by Gasteiger charge is 2.12. The van der Waals surface area contributed by atoms with E-state index in [2.05, 4.69) is 10.3 Å². The van der Waals surface area contributed by atoms with Crippen molar-refractivity contribution in [3.63, 3.8) is 0 Å². The number of aryl methyl sites for hydroxylation is 1. The van der Waals surface area contributed by atoms with Crippen molar-refractivity contribution in [1.82, 2.24) is 9.78 Å². The van der Waals surface area contributed by atoms with Crippen LogP contribution in [0.2, 0.25) is 0 Å². The number of fused-ring (bicyclic) bond motifs is 1. The molecule has 3 N–H and O–H groups in total. The number of oxime groups is 1. The monoisotopic (exact) mass is 266 g/mol. The van der Waals surface area contributed by atoms with E-state index in [1.807, 2.05) is 49.4 Å². The predicted molar refractivity (Wildman–Crippen MR) is 78.3 cm³/mol. The van der Waals surface area contributed by atoms with E-state index in [4.69, 9.17) is 10.9 Å². The summed E-state index contributed by atoms with van der Waals surface area (Å²) < 4.78 is 1.79. The molecule has 3 rings (SSSR count). The Morgan fingerprint density at radius 2 is 2.05 bits per heavy atom. The summed E-state index contributed by atoms with van der Waals surface area (Å²) in [5.74, 6) is 0.0725. The van der Waals surface area contributed by atoms with Gasteiger partial charge in [-0.3, -0.25) is 0 Å². The van der Waals surface area contributed by atoms with Crippen LogP contribution in [-0.2, 0) is 0 Å². The number of nitrogens with two attached hydrogens (primary N) is 1. The predicted octanol–water partition coefficient (Wildman–Crippen LogP) is 2.43. The maximum absolute atomic E-state index is 8.95. The molecule has 0 radical (unpaired) electrons. The van der Waals surface area contributed by atoms with E-state index in [1.165, 1.54) is 0 Å². The highest BCUT2D eigenvalue weighted by molar-refractivity contribution is 6.01. The summed E-state index contributed by atoms with van der Waals surface area (Å²) in [5.41, 5.74) is 9.22. The van der Waals surface area contributed by atoms with E-state index in [0.717, 1.165) is 22.2 Å². The Morgan fingerprint density at radius 3 is 2.85 bits per heavy atom. The van der Waals surface area contributed by atoms with Gasteiger partial charge >= 0.3 is 0 Å². The molecular weight excluding hydrogens is 252 g/mol. The molecule has 100 valence electrons. The SMILES string of the molecule is Cc1ccc(-n2ncc3ccccc32)c(/C(N)=N/O)c1. The minimum absolute atomic E-state index is 0.0725. The topological polar surface area (TPSA) is 76.4 Å². The minimum Gasteiger partial charge on any atom is -0.409 e. The first kappa shape index (κ1) is 12.2. The smallest absolute Gasteiger partial charge is 0.172 e. The molecule has 1 heterocycles. The number of hydrogen-bond donors (Lipinski definition) is 2. The van der Waals surface area contributed by atoms with Crippen molar-refractivity contribution in [1.29, 1.82) is 0 Å². The van der Waals surface area contributed by atoms with E-state index < -0.39 is 0 Å². The maximum Gasteiger partial charge on any atom is 0.172 e. The molecule has 20 heavy (non-hydrogen) atoms. The lowest BCUT2D eigenvalue weighted by Gasteiger charge is -2.10. The fourth-order valence-corrected chi connectivity index (χ4v) is 2.26. The number of amidine groups is 1. The molecule has 5 nitrogen and oxygen atoms in total. The zero-order valence-corrected chi connectivity index (χ0v) is 11.0. The molecule has 0 aliphatic carbocycles. The number of benzene rings is 2. The standard InChI is InChI=1S/C15H14N4O/c1-10-6-7-14(12(8-10)15(16)18-20)19-13-5-3-2-4-11(13)9-17-19/h2-9,20H,1H3,(H2,16,18). The summed E-state index contributed by atoms with van der Waals surface area (Å²) in [4.78, 5) is 0. The molecule has 0 aliphatic heterocycles. The molecule has 1 aromatic heterocycles. The van der Waals surface area contributed by atoms with Gasteiger partial charge in [0.25, 0.3) is 0 Å². The maximum atomic E-state index is 8.95. The Labute approximate surface area is 115 Å². The minimum atomic E-state index is 0.0725. The summed E-state index contributed by atoms with van der Waals surface area (Å²) in [6, 6.07) is 13.7. The van der Waals surface area contributed by atoms with Crippen molar-refractivity contribution in [2.45, 2.75) is 6.92 Å². The van der Waals surface area contributed by atoms with Gasteiger partial charge in [0, 0.05) is 10.9 Å². The fraction of sp³-hybridized carbons (Fsp3) is 0.0667. The van der Waals surface area contributed by atoms with Crippen LogP contribution in [0.1, 0.15) is 11.1 Å². The van der Waals surface area contributed by atoms with Crippen LogP contribution in [0.4, 0.5) is 0 Å². The lowest BCUT2D eigenvalue weighted by atomic mass is 10.1. The number of rotatable bonds is 2. The summed E-state index contributed by atoms with van der Waals surface area (Å²) in [7, 11) is 0. The molecule has 3 aromatic rings. The van der Waals surface area contributed by atoms with E-state index in [9.17, 15) is 0 Å². The zero-order chi connectivity index (χ0) is 14.1. The lowest BCUT2D eigenvalue weighted by molar-refractivity contribution is 0.318. The summed E-state index contributed by atoms with van der Waals surface area (Å²) in [6.45, 7) is 1.96. The van der Waals surface area contributed by atoms with Crippen LogP contribution in [0.5, 0.6) is 0 Å². The van der Waals surface area contributed by atoms with Crippen molar-refractivity contribution < 1.29 is 5.21 Å². The van der Waals surface area contributed by atoms with Crippen molar-refractivity contribution in [3.05, 3.63) is 59.8 Å². The zero-order valence-electron chi connectivity index (χ0n) is 11.0. The Morgan fingerprint density at radius 1 is 1.25 bits per heavy atom. The number of nitrogens with zero attached hydrogens (tertiary/aromatic N) is 3. The average molecular weight is 266 g/mol. The van der Waals surface area contributed by atoms with Crippen LogP contribution in [0.25, 0.3) is 16.6 Å². The van der Waals surface area contributed by atoms with E-state index in [1.54, 1.807) is 10.9 Å². The van der Waals surface area contributed by atoms with Gasteiger partial charge in [0.1, 0.15) is 0 Å². The van der Waals surface area contributed by atoms with E-state index in [-0.39, 0.29) is 5.84 Å². The second-order valence-corrected chi connectivity index (χ2v) is 4.62. The molecule has 0 spiro atoms.